The van der Waals surface area contributed by atoms with Crippen molar-refractivity contribution in [3.05, 3.63) is 47.5 Å². The highest BCUT2D eigenvalue weighted by Crippen LogP contribution is 2.26. The van der Waals surface area contributed by atoms with E-state index in [-0.39, 0.29) is 5.91 Å². The molecule has 0 spiro atoms. The lowest BCUT2D eigenvalue weighted by Crippen LogP contribution is -2.18. The number of thiazole rings is 1. The molecule has 4 heteroatoms. The Morgan fingerprint density at radius 2 is 2.11 bits per heavy atom. The summed E-state index contributed by atoms with van der Waals surface area (Å²) in [4.78, 5) is 17.4. The average molecular weight is 258 g/mol. The van der Waals surface area contributed by atoms with Crippen molar-refractivity contribution in [1.82, 2.24) is 9.88 Å². The van der Waals surface area contributed by atoms with E-state index in [2.05, 4.69) is 4.98 Å². The Morgan fingerprint density at radius 3 is 2.78 bits per heavy atom. The molecule has 0 fully saturated rings. The minimum atomic E-state index is -0.0241. The lowest BCUT2D eigenvalue weighted by atomic mass is 10.1. The number of benzene rings is 1. The van der Waals surface area contributed by atoms with Crippen molar-refractivity contribution in [1.29, 1.82) is 0 Å². The van der Waals surface area contributed by atoms with E-state index in [9.17, 15) is 4.79 Å². The summed E-state index contributed by atoms with van der Waals surface area (Å²) >= 11 is 1.59. The molecule has 0 aliphatic rings. The van der Waals surface area contributed by atoms with Gasteiger partial charge in [0.1, 0.15) is 5.01 Å². The standard InChI is InChI=1S/C14H14N2OS/c1-16(2)13(17)8-7-11-5-3-4-6-12(11)14-15-9-10-18-14/h3-10H,1-2H3/b8-7+. The maximum Gasteiger partial charge on any atom is 0.246 e. The number of carbonyl (C=O) groups excluding carboxylic acids is 1. The Hall–Kier alpha value is -1.94. The SMILES string of the molecule is CN(C)C(=O)/C=C/c1ccccc1-c1nccs1. The van der Waals surface area contributed by atoms with Gasteiger partial charge in [-0.15, -0.1) is 11.3 Å². The summed E-state index contributed by atoms with van der Waals surface area (Å²) in [6.45, 7) is 0. The molecular formula is C14H14N2OS. The van der Waals surface area contributed by atoms with Crippen LogP contribution in [0.2, 0.25) is 0 Å². The highest BCUT2D eigenvalue weighted by molar-refractivity contribution is 7.13. The van der Waals surface area contributed by atoms with Crippen LogP contribution in [0.3, 0.4) is 0 Å². The quantitative estimate of drug-likeness (QED) is 0.793. The Balaban J connectivity index is 2.32. The molecule has 0 unspecified atom stereocenters. The van der Waals surface area contributed by atoms with Crippen molar-refractivity contribution in [3.63, 3.8) is 0 Å². The fraction of sp³-hybridized carbons (Fsp3) is 0.143. The van der Waals surface area contributed by atoms with Gasteiger partial charge in [-0.2, -0.15) is 0 Å². The molecule has 0 saturated heterocycles. The van der Waals surface area contributed by atoms with Crippen LogP contribution in [0, 0.1) is 0 Å². The maximum atomic E-state index is 11.5. The fourth-order valence-corrected chi connectivity index (χ4v) is 2.19. The topological polar surface area (TPSA) is 33.2 Å². The molecule has 0 aliphatic carbocycles. The predicted molar refractivity (Wildman–Crippen MR) is 75.3 cm³/mol. The van der Waals surface area contributed by atoms with E-state index in [0.29, 0.717) is 0 Å². The zero-order chi connectivity index (χ0) is 13.0. The van der Waals surface area contributed by atoms with Crippen LogP contribution in [-0.2, 0) is 4.79 Å². The molecule has 0 bridgehead atoms. The van der Waals surface area contributed by atoms with Gasteiger partial charge in [0.15, 0.2) is 0 Å². The number of amides is 1. The first-order chi connectivity index (χ1) is 8.68. The first-order valence-electron chi connectivity index (χ1n) is 5.57. The molecule has 18 heavy (non-hydrogen) atoms. The van der Waals surface area contributed by atoms with Crippen LogP contribution >= 0.6 is 11.3 Å². The number of likely N-dealkylation sites (N-methyl/N-ethyl adjacent to an activating group) is 1. The molecule has 2 aromatic rings. The van der Waals surface area contributed by atoms with Gasteiger partial charge < -0.3 is 4.90 Å². The second kappa shape index (κ2) is 5.60. The molecule has 1 aromatic carbocycles. The molecule has 0 atom stereocenters. The minimum absolute atomic E-state index is 0.0241. The van der Waals surface area contributed by atoms with Gasteiger partial charge in [0.25, 0.3) is 0 Å². The van der Waals surface area contributed by atoms with Gasteiger partial charge in [-0.3, -0.25) is 4.79 Å². The number of hydrogen-bond acceptors (Lipinski definition) is 3. The van der Waals surface area contributed by atoms with E-state index < -0.39 is 0 Å². The van der Waals surface area contributed by atoms with Crippen LogP contribution in [0.4, 0.5) is 0 Å². The van der Waals surface area contributed by atoms with E-state index in [4.69, 9.17) is 0 Å². The summed E-state index contributed by atoms with van der Waals surface area (Å²) in [6.07, 6.45) is 5.19. The van der Waals surface area contributed by atoms with E-state index in [0.717, 1.165) is 16.1 Å². The Morgan fingerprint density at radius 1 is 1.33 bits per heavy atom. The Bertz CT molecular complexity index is 559. The average Bonchev–Trinajstić information content (AvgIpc) is 2.89. The second-order valence-corrected chi connectivity index (χ2v) is 4.89. The molecule has 0 saturated carbocycles. The largest absolute Gasteiger partial charge is 0.345 e. The van der Waals surface area contributed by atoms with Crippen molar-refractivity contribution in [2.75, 3.05) is 14.1 Å². The summed E-state index contributed by atoms with van der Waals surface area (Å²) in [6, 6.07) is 7.92. The summed E-state index contributed by atoms with van der Waals surface area (Å²) in [5.41, 5.74) is 2.05. The van der Waals surface area contributed by atoms with Gasteiger partial charge >= 0.3 is 0 Å². The van der Waals surface area contributed by atoms with Crippen molar-refractivity contribution >= 4 is 23.3 Å². The normalized spacial score (nSPS) is 10.8. The molecule has 0 radical (unpaired) electrons. The monoisotopic (exact) mass is 258 g/mol. The summed E-state index contributed by atoms with van der Waals surface area (Å²) in [7, 11) is 3.47. The summed E-state index contributed by atoms with van der Waals surface area (Å²) in [5.74, 6) is -0.0241. The number of carbonyl (C=O) groups is 1. The lowest BCUT2D eigenvalue weighted by molar-refractivity contribution is -0.123. The highest BCUT2D eigenvalue weighted by Gasteiger charge is 2.05. The van der Waals surface area contributed by atoms with Crippen LogP contribution in [0.25, 0.3) is 16.6 Å². The van der Waals surface area contributed by atoms with Gasteiger partial charge in [-0.25, -0.2) is 4.98 Å². The number of aromatic nitrogens is 1. The third kappa shape index (κ3) is 2.84. The molecule has 1 heterocycles. The van der Waals surface area contributed by atoms with E-state index in [1.807, 2.05) is 35.7 Å². The van der Waals surface area contributed by atoms with Crippen LogP contribution in [0.5, 0.6) is 0 Å². The van der Waals surface area contributed by atoms with E-state index in [1.54, 1.807) is 42.6 Å². The third-order valence-corrected chi connectivity index (χ3v) is 3.28. The van der Waals surface area contributed by atoms with Gasteiger partial charge in [0.05, 0.1) is 0 Å². The molecule has 2 rings (SSSR count). The van der Waals surface area contributed by atoms with E-state index in [1.165, 1.54) is 0 Å². The fourth-order valence-electron chi connectivity index (χ4n) is 1.50. The van der Waals surface area contributed by atoms with Crippen LogP contribution in [0.15, 0.2) is 41.9 Å². The first-order valence-corrected chi connectivity index (χ1v) is 6.44. The maximum absolute atomic E-state index is 11.5. The molecular weight excluding hydrogens is 244 g/mol. The molecule has 1 amide bonds. The summed E-state index contributed by atoms with van der Waals surface area (Å²) < 4.78 is 0. The smallest absolute Gasteiger partial charge is 0.246 e. The summed E-state index contributed by atoms with van der Waals surface area (Å²) in [5, 5.41) is 2.91. The van der Waals surface area contributed by atoms with Crippen LogP contribution in [-0.4, -0.2) is 29.9 Å². The third-order valence-electron chi connectivity index (χ3n) is 2.47. The van der Waals surface area contributed by atoms with Crippen LogP contribution in [0.1, 0.15) is 5.56 Å². The van der Waals surface area contributed by atoms with Gasteiger partial charge in [-0.1, -0.05) is 24.3 Å². The van der Waals surface area contributed by atoms with Gasteiger partial charge in [0.2, 0.25) is 5.91 Å². The Kier molecular flexibility index (Phi) is 3.89. The Labute approximate surface area is 110 Å². The minimum Gasteiger partial charge on any atom is -0.345 e. The van der Waals surface area contributed by atoms with Crippen molar-refractivity contribution in [2.24, 2.45) is 0 Å². The highest BCUT2D eigenvalue weighted by atomic mass is 32.1. The van der Waals surface area contributed by atoms with E-state index >= 15 is 0 Å². The van der Waals surface area contributed by atoms with Crippen molar-refractivity contribution in [3.8, 4) is 10.6 Å². The predicted octanol–water partition coefficient (Wildman–Crippen LogP) is 2.91. The molecule has 92 valence electrons. The number of nitrogens with zero attached hydrogens (tertiary/aromatic N) is 2. The molecule has 1 aromatic heterocycles. The van der Waals surface area contributed by atoms with Gasteiger partial charge in [0, 0.05) is 37.3 Å². The lowest BCUT2D eigenvalue weighted by Gasteiger charge is -2.06. The second-order valence-electron chi connectivity index (χ2n) is 3.99. The number of hydrogen-bond donors (Lipinski definition) is 0. The first kappa shape index (κ1) is 12.5. The molecule has 0 N–H and O–H groups in total. The molecule has 3 nitrogen and oxygen atoms in total. The number of rotatable bonds is 3. The van der Waals surface area contributed by atoms with Crippen molar-refractivity contribution in [2.45, 2.75) is 0 Å². The van der Waals surface area contributed by atoms with Crippen molar-refractivity contribution < 1.29 is 4.79 Å². The molecule has 0 aliphatic heterocycles. The van der Waals surface area contributed by atoms with Crippen LogP contribution < -0.4 is 0 Å². The zero-order valence-electron chi connectivity index (χ0n) is 10.3. The van der Waals surface area contributed by atoms with Gasteiger partial charge in [-0.05, 0) is 11.6 Å². The zero-order valence-corrected chi connectivity index (χ0v) is 11.1.